The summed E-state index contributed by atoms with van der Waals surface area (Å²) in [6.45, 7) is 5.98. The Morgan fingerprint density at radius 2 is 2.05 bits per heavy atom. The summed E-state index contributed by atoms with van der Waals surface area (Å²) >= 11 is 1.21. The third-order valence-electron chi connectivity index (χ3n) is 2.81. The van der Waals surface area contributed by atoms with Crippen LogP contribution < -0.4 is 4.72 Å². The fraction of sp³-hybridized carbons (Fsp3) is 0.615. The Balaban J connectivity index is 2.68. The van der Waals surface area contributed by atoms with Crippen LogP contribution in [0.3, 0.4) is 0 Å². The molecule has 0 radical (unpaired) electrons. The zero-order valence-electron chi connectivity index (χ0n) is 11.9. The van der Waals surface area contributed by atoms with Crippen molar-refractivity contribution in [2.75, 3.05) is 6.54 Å². The summed E-state index contributed by atoms with van der Waals surface area (Å²) in [6, 6.07) is 3.32. The highest BCUT2D eigenvalue weighted by Crippen LogP contribution is 2.21. The summed E-state index contributed by atoms with van der Waals surface area (Å²) in [5.41, 5.74) is 0. The van der Waals surface area contributed by atoms with Crippen LogP contribution in [0.1, 0.15) is 31.6 Å². The summed E-state index contributed by atoms with van der Waals surface area (Å²) in [5.74, 6) is -0.766. The average molecular weight is 319 g/mol. The zero-order chi connectivity index (χ0) is 15.3. The minimum atomic E-state index is -3.53. The van der Waals surface area contributed by atoms with Crippen molar-refractivity contribution in [1.29, 1.82) is 0 Å². The molecule has 0 fully saturated rings. The molecule has 0 spiro atoms. The summed E-state index contributed by atoms with van der Waals surface area (Å²) < 4.78 is 26.9. The molecule has 2 N–H and O–H groups in total. The molecule has 1 aromatic rings. The first-order valence-corrected chi connectivity index (χ1v) is 8.78. The van der Waals surface area contributed by atoms with Gasteiger partial charge in [0, 0.05) is 17.8 Å². The van der Waals surface area contributed by atoms with Gasteiger partial charge in [0.2, 0.25) is 10.0 Å². The van der Waals surface area contributed by atoms with Gasteiger partial charge in [-0.3, -0.25) is 4.79 Å². The van der Waals surface area contributed by atoms with Gasteiger partial charge < -0.3 is 5.11 Å². The molecule has 7 heteroatoms. The van der Waals surface area contributed by atoms with Gasteiger partial charge in [0.05, 0.1) is 0 Å². The van der Waals surface area contributed by atoms with Crippen molar-refractivity contribution in [2.24, 2.45) is 11.8 Å². The molecule has 1 atom stereocenters. The molecule has 5 nitrogen and oxygen atoms in total. The predicted molar refractivity (Wildman–Crippen MR) is 79.4 cm³/mol. The van der Waals surface area contributed by atoms with Crippen LogP contribution in [-0.2, 0) is 14.8 Å². The molecule has 0 aliphatic carbocycles. The van der Waals surface area contributed by atoms with Crippen molar-refractivity contribution in [3.63, 3.8) is 0 Å². The Labute approximate surface area is 124 Å². The fourth-order valence-electron chi connectivity index (χ4n) is 2.01. The first-order valence-electron chi connectivity index (χ1n) is 6.48. The van der Waals surface area contributed by atoms with E-state index >= 15 is 0 Å². The molecule has 1 rings (SSSR count). The lowest BCUT2D eigenvalue weighted by molar-refractivity contribution is -0.138. The molecule has 0 saturated carbocycles. The lowest BCUT2D eigenvalue weighted by Crippen LogP contribution is -2.30. The molecule has 0 saturated heterocycles. The van der Waals surface area contributed by atoms with Gasteiger partial charge in [-0.1, -0.05) is 13.8 Å². The van der Waals surface area contributed by atoms with Gasteiger partial charge in [-0.05, 0) is 37.3 Å². The summed E-state index contributed by atoms with van der Waals surface area (Å²) in [7, 11) is -3.53. The monoisotopic (exact) mass is 319 g/mol. The molecule has 0 bridgehead atoms. The minimum Gasteiger partial charge on any atom is -0.481 e. The number of hydrogen-bond donors (Lipinski definition) is 2. The van der Waals surface area contributed by atoms with Crippen LogP contribution in [0.15, 0.2) is 16.3 Å². The molecule has 20 heavy (non-hydrogen) atoms. The van der Waals surface area contributed by atoms with Gasteiger partial charge in [-0.25, -0.2) is 13.1 Å². The predicted octanol–water partition coefficient (Wildman–Crippen LogP) is 2.47. The van der Waals surface area contributed by atoms with Crippen molar-refractivity contribution in [3.05, 3.63) is 17.0 Å². The van der Waals surface area contributed by atoms with E-state index in [-0.39, 0.29) is 23.1 Å². The van der Waals surface area contributed by atoms with Crippen molar-refractivity contribution in [1.82, 2.24) is 4.72 Å². The SMILES string of the molecule is Cc1ccc(S(=O)(=O)NC[C@H](CC(=O)O)CC(C)C)s1. The van der Waals surface area contributed by atoms with Crippen LogP contribution >= 0.6 is 11.3 Å². The first kappa shape index (κ1) is 17.1. The van der Waals surface area contributed by atoms with E-state index in [1.165, 1.54) is 11.3 Å². The van der Waals surface area contributed by atoms with Gasteiger partial charge >= 0.3 is 5.97 Å². The topological polar surface area (TPSA) is 83.5 Å². The number of thiophene rings is 1. The van der Waals surface area contributed by atoms with Crippen LogP contribution in [-0.4, -0.2) is 26.0 Å². The van der Waals surface area contributed by atoms with Crippen LogP contribution in [0.4, 0.5) is 0 Å². The largest absolute Gasteiger partial charge is 0.481 e. The van der Waals surface area contributed by atoms with Gasteiger partial charge in [0.15, 0.2) is 0 Å². The minimum absolute atomic E-state index is 0.0236. The standard InChI is InChI=1S/C13H21NO4S2/c1-9(2)6-11(7-12(15)16)8-14-20(17,18)13-5-4-10(3)19-13/h4-5,9,11,14H,6-8H2,1-3H3,(H,15,16)/t11-/m0/s1. The van der Waals surface area contributed by atoms with E-state index < -0.39 is 16.0 Å². The van der Waals surface area contributed by atoms with E-state index in [2.05, 4.69) is 4.72 Å². The smallest absolute Gasteiger partial charge is 0.303 e. The van der Waals surface area contributed by atoms with Crippen molar-refractivity contribution >= 4 is 27.3 Å². The van der Waals surface area contributed by atoms with E-state index in [4.69, 9.17) is 5.11 Å². The van der Waals surface area contributed by atoms with Crippen molar-refractivity contribution < 1.29 is 18.3 Å². The second-order valence-corrected chi connectivity index (χ2v) is 8.59. The number of carboxylic acid groups (broad SMARTS) is 1. The maximum atomic E-state index is 12.1. The van der Waals surface area contributed by atoms with Gasteiger partial charge in [-0.15, -0.1) is 11.3 Å². The molecule has 0 aromatic carbocycles. The molecule has 0 unspecified atom stereocenters. The van der Waals surface area contributed by atoms with Gasteiger partial charge in [0.25, 0.3) is 0 Å². The maximum absolute atomic E-state index is 12.1. The maximum Gasteiger partial charge on any atom is 0.303 e. The quantitative estimate of drug-likeness (QED) is 0.771. The zero-order valence-corrected chi connectivity index (χ0v) is 13.6. The van der Waals surface area contributed by atoms with Gasteiger partial charge in [0.1, 0.15) is 4.21 Å². The van der Waals surface area contributed by atoms with Crippen LogP contribution in [0, 0.1) is 18.8 Å². The highest BCUT2D eigenvalue weighted by molar-refractivity contribution is 7.91. The Bertz CT molecular complexity index is 548. The van der Waals surface area contributed by atoms with Crippen molar-refractivity contribution in [3.8, 4) is 0 Å². The van der Waals surface area contributed by atoms with Crippen LogP contribution in [0.5, 0.6) is 0 Å². The number of hydrogen-bond acceptors (Lipinski definition) is 4. The van der Waals surface area contributed by atoms with E-state index in [9.17, 15) is 13.2 Å². The summed E-state index contributed by atoms with van der Waals surface area (Å²) in [6.07, 6.45) is 0.655. The Morgan fingerprint density at radius 3 is 2.50 bits per heavy atom. The van der Waals surface area contributed by atoms with E-state index in [0.717, 1.165) is 4.88 Å². The third-order valence-corrected chi connectivity index (χ3v) is 5.73. The molecule has 0 aliphatic rings. The lowest BCUT2D eigenvalue weighted by Gasteiger charge is -2.17. The van der Waals surface area contributed by atoms with Crippen molar-refractivity contribution in [2.45, 2.75) is 37.8 Å². The number of carboxylic acids is 1. The van der Waals surface area contributed by atoms with Gasteiger partial charge in [-0.2, -0.15) is 0 Å². The second-order valence-electron chi connectivity index (χ2n) is 5.31. The molecule has 1 aromatic heterocycles. The number of rotatable bonds is 8. The second kappa shape index (κ2) is 7.19. The molecular formula is C13H21NO4S2. The normalized spacial score (nSPS) is 13.6. The molecule has 0 amide bonds. The number of aryl methyl sites for hydroxylation is 1. The molecule has 114 valence electrons. The Hall–Kier alpha value is -0.920. The fourth-order valence-corrected chi connectivity index (χ4v) is 4.45. The lowest BCUT2D eigenvalue weighted by atomic mass is 9.94. The van der Waals surface area contributed by atoms with Crippen LogP contribution in [0.25, 0.3) is 0 Å². The third kappa shape index (κ3) is 5.60. The van der Waals surface area contributed by atoms with Crippen LogP contribution in [0.2, 0.25) is 0 Å². The van der Waals surface area contributed by atoms with E-state index in [1.54, 1.807) is 12.1 Å². The first-order chi connectivity index (χ1) is 9.20. The highest BCUT2D eigenvalue weighted by Gasteiger charge is 2.20. The molecular weight excluding hydrogens is 298 g/mol. The molecule has 0 aliphatic heterocycles. The summed E-state index contributed by atoms with van der Waals surface area (Å²) in [4.78, 5) is 11.7. The number of carbonyl (C=O) groups is 1. The average Bonchev–Trinajstić information content (AvgIpc) is 2.72. The number of nitrogens with one attached hydrogen (secondary N) is 1. The Morgan fingerprint density at radius 1 is 1.40 bits per heavy atom. The highest BCUT2D eigenvalue weighted by atomic mass is 32.2. The van der Waals surface area contributed by atoms with E-state index in [1.807, 2.05) is 20.8 Å². The van der Waals surface area contributed by atoms with E-state index in [0.29, 0.717) is 12.3 Å². The number of sulfonamides is 1. The summed E-state index contributed by atoms with van der Waals surface area (Å²) in [5, 5.41) is 8.87. The number of aliphatic carboxylic acids is 1. The Kier molecular flexibility index (Phi) is 6.16. The molecule has 1 heterocycles.